The number of rotatable bonds is 5. The number of nitrogens with zero attached hydrogens (tertiary/aromatic N) is 3. The van der Waals surface area contributed by atoms with Crippen molar-refractivity contribution >= 4 is 54.1 Å². The Labute approximate surface area is 318 Å². The zero-order chi connectivity index (χ0) is 36.3. The molecule has 2 heterocycles. The lowest BCUT2D eigenvalue weighted by Crippen LogP contribution is -1.98. The van der Waals surface area contributed by atoms with Crippen LogP contribution in [0.5, 0.6) is 0 Å². The third-order valence-electron chi connectivity index (χ3n) is 11.0. The van der Waals surface area contributed by atoms with Crippen LogP contribution in [0.1, 0.15) is 0 Å². The molecular formula is C52H33N3. The largest absolute Gasteiger partial charge is 0.309 e. The summed E-state index contributed by atoms with van der Waals surface area (Å²) < 4.78 is 2.36. The molecule has 0 amide bonds. The van der Waals surface area contributed by atoms with E-state index in [-0.39, 0.29) is 0 Å². The topological polar surface area (TPSA) is 30.7 Å². The van der Waals surface area contributed by atoms with Crippen molar-refractivity contribution < 1.29 is 0 Å². The van der Waals surface area contributed by atoms with Crippen LogP contribution in [-0.2, 0) is 0 Å². The molecular weight excluding hydrogens is 667 g/mol. The second kappa shape index (κ2) is 12.6. The van der Waals surface area contributed by atoms with Crippen molar-refractivity contribution in [3.05, 3.63) is 200 Å². The first-order valence-electron chi connectivity index (χ1n) is 18.7. The van der Waals surface area contributed by atoms with E-state index in [1.165, 1.54) is 59.7 Å². The van der Waals surface area contributed by atoms with Crippen molar-refractivity contribution in [1.29, 1.82) is 0 Å². The summed E-state index contributed by atoms with van der Waals surface area (Å²) in [5.74, 6) is 0.697. The number of para-hydroxylation sites is 2. The van der Waals surface area contributed by atoms with E-state index in [1.54, 1.807) is 0 Å². The van der Waals surface area contributed by atoms with Gasteiger partial charge in [-0.1, -0.05) is 158 Å². The van der Waals surface area contributed by atoms with Crippen LogP contribution in [0.4, 0.5) is 0 Å². The summed E-state index contributed by atoms with van der Waals surface area (Å²) in [5.41, 5.74) is 10.6. The van der Waals surface area contributed by atoms with Crippen LogP contribution >= 0.6 is 0 Å². The van der Waals surface area contributed by atoms with Crippen molar-refractivity contribution in [2.24, 2.45) is 0 Å². The molecule has 0 radical (unpaired) electrons. The van der Waals surface area contributed by atoms with Gasteiger partial charge in [0.05, 0.1) is 22.4 Å². The average Bonchev–Trinajstić information content (AvgIpc) is 3.60. The van der Waals surface area contributed by atoms with Crippen molar-refractivity contribution in [3.8, 4) is 50.7 Å². The van der Waals surface area contributed by atoms with Gasteiger partial charge >= 0.3 is 0 Å². The van der Waals surface area contributed by atoms with E-state index < -0.39 is 0 Å². The molecule has 0 saturated carbocycles. The van der Waals surface area contributed by atoms with Crippen molar-refractivity contribution in [3.63, 3.8) is 0 Å². The quantitative estimate of drug-likeness (QED) is 0.132. The van der Waals surface area contributed by atoms with E-state index >= 15 is 0 Å². The molecule has 11 rings (SSSR count). The lowest BCUT2D eigenvalue weighted by Gasteiger charge is -2.15. The summed E-state index contributed by atoms with van der Waals surface area (Å²) >= 11 is 0. The number of hydrogen-bond acceptors (Lipinski definition) is 2. The van der Waals surface area contributed by atoms with Crippen LogP contribution in [0.25, 0.3) is 105 Å². The highest BCUT2D eigenvalue weighted by molar-refractivity contribution is 6.20. The number of hydrogen-bond donors (Lipinski definition) is 0. The molecule has 9 aromatic carbocycles. The minimum Gasteiger partial charge on any atom is -0.309 e. The molecule has 0 bridgehead atoms. The lowest BCUT2D eigenvalue weighted by molar-refractivity contribution is 1.16. The van der Waals surface area contributed by atoms with Gasteiger partial charge in [-0.2, -0.15) is 0 Å². The van der Waals surface area contributed by atoms with Gasteiger partial charge in [-0.25, -0.2) is 9.97 Å². The normalized spacial score (nSPS) is 11.6. The predicted octanol–water partition coefficient (Wildman–Crippen LogP) is 13.7. The first-order valence-corrected chi connectivity index (χ1v) is 18.7. The molecule has 0 N–H and O–H groups in total. The summed E-state index contributed by atoms with van der Waals surface area (Å²) in [5, 5.41) is 9.95. The number of fused-ring (bicyclic) bond motifs is 7. The Morgan fingerprint density at radius 1 is 0.309 bits per heavy atom. The van der Waals surface area contributed by atoms with Crippen LogP contribution in [0.3, 0.4) is 0 Å². The van der Waals surface area contributed by atoms with Crippen LogP contribution in [0.15, 0.2) is 200 Å². The Morgan fingerprint density at radius 3 is 1.62 bits per heavy atom. The lowest BCUT2D eigenvalue weighted by atomic mass is 9.89. The highest BCUT2D eigenvalue weighted by Gasteiger charge is 2.17. The van der Waals surface area contributed by atoms with Crippen LogP contribution in [0.2, 0.25) is 0 Å². The summed E-state index contributed by atoms with van der Waals surface area (Å²) in [6.07, 6.45) is 0. The van der Waals surface area contributed by atoms with Gasteiger partial charge in [0.25, 0.3) is 0 Å². The van der Waals surface area contributed by atoms with E-state index in [2.05, 4.69) is 187 Å². The first kappa shape index (κ1) is 31.2. The summed E-state index contributed by atoms with van der Waals surface area (Å²) in [6, 6.07) is 71.6. The number of aromatic nitrogens is 3. The number of benzene rings is 9. The zero-order valence-corrected chi connectivity index (χ0v) is 29.9. The van der Waals surface area contributed by atoms with E-state index in [4.69, 9.17) is 9.97 Å². The maximum Gasteiger partial charge on any atom is 0.160 e. The SMILES string of the molecule is c1ccc(-c2nc(-c3cccc(-c4c5ccccc5cc5c4ccc4ccccc45)c3)cc(-c3cccc(-n4c5ccccc5c5ccccc54)c3)n2)cc1. The minimum atomic E-state index is 0.697. The Bertz CT molecular complexity index is 3210. The van der Waals surface area contributed by atoms with Gasteiger partial charge in [-0.05, 0) is 85.9 Å². The molecule has 0 atom stereocenters. The van der Waals surface area contributed by atoms with E-state index in [9.17, 15) is 0 Å². The molecule has 0 aliphatic heterocycles. The molecule has 0 saturated heterocycles. The molecule has 0 aliphatic rings. The maximum absolute atomic E-state index is 5.24. The fourth-order valence-corrected chi connectivity index (χ4v) is 8.43. The molecule has 0 aliphatic carbocycles. The predicted molar refractivity (Wildman–Crippen MR) is 231 cm³/mol. The van der Waals surface area contributed by atoms with Gasteiger partial charge in [-0.3, -0.25) is 0 Å². The van der Waals surface area contributed by atoms with Crippen molar-refractivity contribution in [2.75, 3.05) is 0 Å². The third kappa shape index (κ3) is 5.20. The molecule has 0 unspecified atom stereocenters. The second-order valence-corrected chi connectivity index (χ2v) is 14.2. The second-order valence-electron chi connectivity index (χ2n) is 14.2. The van der Waals surface area contributed by atoms with Gasteiger partial charge in [0, 0.05) is 33.2 Å². The smallest absolute Gasteiger partial charge is 0.160 e. The summed E-state index contributed by atoms with van der Waals surface area (Å²) in [4.78, 5) is 10.5. The van der Waals surface area contributed by atoms with Gasteiger partial charge in [0.1, 0.15) is 0 Å². The third-order valence-corrected chi connectivity index (χ3v) is 11.0. The maximum atomic E-state index is 5.24. The van der Waals surface area contributed by atoms with Crippen LogP contribution in [-0.4, -0.2) is 14.5 Å². The first-order chi connectivity index (χ1) is 27.3. The average molecular weight is 700 g/mol. The molecule has 11 aromatic rings. The molecule has 3 nitrogen and oxygen atoms in total. The molecule has 3 heteroatoms. The van der Waals surface area contributed by atoms with E-state index in [0.29, 0.717) is 5.82 Å². The Morgan fingerprint density at radius 2 is 0.873 bits per heavy atom. The molecule has 256 valence electrons. The molecule has 0 fully saturated rings. The van der Waals surface area contributed by atoms with E-state index in [0.717, 1.165) is 39.3 Å². The minimum absolute atomic E-state index is 0.697. The van der Waals surface area contributed by atoms with E-state index in [1.807, 2.05) is 18.2 Å². The van der Waals surface area contributed by atoms with Crippen LogP contribution < -0.4 is 0 Å². The molecule has 2 aromatic heterocycles. The Balaban J connectivity index is 1.10. The summed E-state index contributed by atoms with van der Waals surface area (Å²) in [7, 11) is 0. The Hall–Kier alpha value is -7.36. The highest BCUT2D eigenvalue weighted by atomic mass is 15.0. The molecule has 55 heavy (non-hydrogen) atoms. The zero-order valence-electron chi connectivity index (χ0n) is 29.9. The van der Waals surface area contributed by atoms with Gasteiger partial charge in [-0.15, -0.1) is 0 Å². The van der Waals surface area contributed by atoms with Gasteiger partial charge in [0.2, 0.25) is 0 Å². The summed E-state index contributed by atoms with van der Waals surface area (Å²) in [6.45, 7) is 0. The highest BCUT2D eigenvalue weighted by Crippen LogP contribution is 2.41. The van der Waals surface area contributed by atoms with Crippen molar-refractivity contribution in [1.82, 2.24) is 14.5 Å². The molecule has 0 spiro atoms. The van der Waals surface area contributed by atoms with Crippen molar-refractivity contribution in [2.45, 2.75) is 0 Å². The van der Waals surface area contributed by atoms with Gasteiger partial charge in [0.15, 0.2) is 5.82 Å². The fourth-order valence-electron chi connectivity index (χ4n) is 8.43. The standard InChI is InChI=1S/C52H33N3/c1-2-15-35(16-3-1)52-53-47(33-48(54-52)38-19-13-21-40(31-38)55-49-26-10-8-24-43(49)44-25-9-11-27-50(44)55)37-18-12-20-39(30-37)51-42-23-7-5-17-36(42)32-46-41-22-6-4-14-34(41)28-29-45(46)51/h1-33H. The Kier molecular flexibility index (Phi) is 7.17. The van der Waals surface area contributed by atoms with Gasteiger partial charge < -0.3 is 4.57 Å². The fraction of sp³-hybridized carbons (Fsp3) is 0. The van der Waals surface area contributed by atoms with Crippen LogP contribution in [0, 0.1) is 0 Å². The monoisotopic (exact) mass is 699 g/mol.